The van der Waals surface area contributed by atoms with Gasteiger partial charge in [-0.3, -0.25) is 0 Å². The van der Waals surface area contributed by atoms with Crippen molar-refractivity contribution in [2.45, 2.75) is 19.3 Å². The Hall–Kier alpha value is -8.21. The van der Waals surface area contributed by atoms with E-state index in [4.69, 9.17) is 19.9 Å². The van der Waals surface area contributed by atoms with E-state index in [-0.39, 0.29) is 20.1 Å². The van der Waals surface area contributed by atoms with Crippen molar-refractivity contribution in [3.8, 4) is 101 Å². The van der Waals surface area contributed by atoms with E-state index in [0.29, 0.717) is 17.5 Å². The molecule has 2 aliphatic carbocycles. The Balaban J connectivity index is 0.00000505. The van der Waals surface area contributed by atoms with Crippen LogP contribution in [0.1, 0.15) is 33.4 Å². The van der Waals surface area contributed by atoms with Crippen LogP contribution in [0, 0.1) is 19.9 Å². The Morgan fingerprint density at radius 2 is 0.814 bits per heavy atom. The van der Waals surface area contributed by atoms with Gasteiger partial charge < -0.3 is 4.98 Å². The second-order valence-electron chi connectivity index (χ2n) is 18.2. The molecule has 1 spiro atoms. The van der Waals surface area contributed by atoms with Gasteiger partial charge in [0, 0.05) is 43.0 Å². The molecule has 0 atom stereocenters. The van der Waals surface area contributed by atoms with Crippen molar-refractivity contribution in [2.75, 3.05) is 0 Å². The van der Waals surface area contributed by atoms with Gasteiger partial charge in [-0.15, -0.1) is 23.8 Å². The Bertz CT molecular complexity index is 3670. The second kappa shape index (κ2) is 17.4. The van der Waals surface area contributed by atoms with Crippen LogP contribution in [0.5, 0.6) is 0 Å². The van der Waals surface area contributed by atoms with E-state index in [1.54, 1.807) is 0 Å². The van der Waals surface area contributed by atoms with Crippen molar-refractivity contribution in [2.24, 2.45) is 0 Å². The molecular formula is C65H43IrN4-. The molecule has 0 saturated heterocycles. The number of rotatable bonds is 7. The predicted octanol–water partition coefficient (Wildman–Crippen LogP) is 15.7. The van der Waals surface area contributed by atoms with Crippen molar-refractivity contribution >= 4 is 0 Å². The molecule has 0 N–H and O–H groups in total. The van der Waals surface area contributed by atoms with E-state index in [1.165, 1.54) is 66.8 Å². The quantitative estimate of drug-likeness (QED) is 0.149. The minimum Gasteiger partial charge on any atom is -0.304 e. The first kappa shape index (κ1) is 43.1. The van der Waals surface area contributed by atoms with Crippen LogP contribution in [0.3, 0.4) is 0 Å². The van der Waals surface area contributed by atoms with E-state index >= 15 is 0 Å². The first-order valence-corrected chi connectivity index (χ1v) is 23.5. The number of hydrogen-bond acceptors (Lipinski definition) is 4. The number of nitrogens with zero attached hydrogens (tertiary/aromatic N) is 4. The molecule has 333 valence electrons. The van der Waals surface area contributed by atoms with Crippen molar-refractivity contribution in [3.05, 3.63) is 264 Å². The third-order valence-electron chi connectivity index (χ3n) is 14.0. The monoisotopic (exact) mass is 1070 g/mol. The zero-order valence-electron chi connectivity index (χ0n) is 38.5. The van der Waals surface area contributed by atoms with Crippen molar-refractivity contribution in [3.63, 3.8) is 0 Å². The molecule has 11 aromatic rings. The number of benzene rings is 9. The van der Waals surface area contributed by atoms with E-state index in [2.05, 4.69) is 178 Å². The Kier molecular flexibility index (Phi) is 10.7. The fourth-order valence-corrected chi connectivity index (χ4v) is 11.1. The second-order valence-corrected chi connectivity index (χ2v) is 18.2. The maximum Gasteiger partial charge on any atom is 0.165 e. The molecule has 0 unspecified atom stereocenters. The summed E-state index contributed by atoms with van der Waals surface area (Å²) in [5.41, 5.74) is 23.6. The molecule has 4 nitrogen and oxygen atoms in total. The maximum absolute atomic E-state index is 5.11. The summed E-state index contributed by atoms with van der Waals surface area (Å²) >= 11 is 0. The summed E-state index contributed by atoms with van der Waals surface area (Å²) in [7, 11) is 0. The Labute approximate surface area is 421 Å². The van der Waals surface area contributed by atoms with E-state index < -0.39 is 5.41 Å². The van der Waals surface area contributed by atoms with Crippen LogP contribution in [0.25, 0.3) is 101 Å². The number of pyridine rings is 1. The van der Waals surface area contributed by atoms with Gasteiger partial charge in [0.25, 0.3) is 0 Å². The molecule has 9 aromatic carbocycles. The van der Waals surface area contributed by atoms with Gasteiger partial charge in [-0.1, -0.05) is 234 Å². The molecule has 2 heterocycles. The minimum absolute atomic E-state index is 0. The minimum atomic E-state index is -0.469. The van der Waals surface area contributed by atoms with E-state index in [0.717, 1.165) is 50.2 Å². The molecular weight excluding hydrogens is 1030 g/mol. The van der Waals surface area contributed by atoms with Crippen molar-refractivity contribution < 1.29 is 20.1 Å². The van der Waals surface area contributed by atoms with Gasteiger partial charge in [0.15, 0.2) is 17.5 Å². The number of hydrogen-bond donors (Lipinski definition) is 0. The molecule has 0 bridgehead atoms. The molecule has 0 saturated carbocycles. The van der Waals surface area contributed by atoms with Crippen LogP contribution >= 0.6 is 0 Å². The largest absolute Gasteiger partial charge is 0.304 e. The number of aryl methyl sites for hydroxylation is 2. The van der Waals surface area contributed by atoms with Gasteiger partial charge in [-0.25, -0.2) is 15.0 Å². The van der Waals surface area contributed by atoms with Gasteiger partial charge in [0.05, 0.1) is 5.41 Å². The molecule has 5 heteroatoms. The summed E-state index contributed by atoms with van der Waals surface area (Å²) in [6, 6.07) is 82.1. The zero-order valence-corrected chi connectivity index (χ0v) is 40.9. The molecule has 0 fully saturated rings. The fourth-order valence-electron chi connectivity index (χ4n) is 11.1. The van der Waals surface area contributed by atoms with Crippen LogP contribution in [0.4, 0.5) is 0 Å². The maximum atomic E-state index is 5.11. The Morgan fingerprint density at radius 3 is 1.36 bits per heavy atom. The first-order chi connectivity index (χ1) is 34.0. The molecule has 2 aromatic heterocycles. The third-order valence-corrected chi connectivity index (χ3v) is 14.0. The van der Waals surface area contributed by atoms with E-state index in [1.807, 2.05) is 66.9 Å². The standard InChI is InChI=1S/C65H43N4.Ir/c1-41-35-42(2)37-48(36-41)49-21-9-10-22-50(49)51-32-30-46(61-34-31-47(40-66-61)64-68-62(43-17-5-3-6-18-43)67-63(69-64)44-19-7-4-8-20-44)38-56(51)45-29-33-55-54-25-13-16-28-59(54)65(60(55)39-45)57-26-14-11-23-52(57)53-24-12-15-27-58(53)65;/h3-29,31-40H,1-2H3;/q-1;. The topological polar surface area (TPSA) is 51.6 Å². The fraction of sp³-hybridized carbons (Fsp3) is 0.0462. The summed E-state index contributed by atoms with van der Waals surface area (Å²) < 4.78 is 0. The zero-order chi connectivity index (χ0) is 46.1. The Morgan fingerprint density at radius 1 is 0.343 bits per heavy atom. The van der Waals surface area contributed by atoms with Gasteiger partial charge in [0.1, 0.15) is 0 Å². The SMILES string of the molecule is Cc1cc(C)cc(-c2ccccc2-c2c[c-]c(-c3ccc(-c4nc(-c5ccccc5)nc(-c5ccccc5)n4)cn3)cc2-c2ccc3c(c2)C2(c4ccccc4-c4ccccc42)c2ccccc2-3)c1.[Ir]. The summed E-state index contributed by atoms with van der Waals surface area (Å²) in [6.45, 7) is 4.35. The molecule has 0 aliphatic heterocycles. The normalized spacial score (nSPS) is 12.4. The predicted molar refractivity (Wildman–Crippen MR) is 280 cm³/mol. The molecule has 2 aliphatic rings. The van der Waals surface area contributed by atoms with Crippen LogP contribution in [-0.2, 0) is 25.5 Å². The van der Waals surface area contributed by atoms with Gasteiger partial charge >= 0.3 is 0 Å². The third kappa shape index (κ3) is 7.00. The van der Waals surface area contributed by atoms with Crippen LogP contribution in [0.2, 0.25) is 0 Å². The average Bonchev–Trinajstić information content (AvgIpc) is 3.88. The van der Waals surface area contributed by atoms with Crippen LogP contribution in [0.15, 0.2) is 225 Å². The van der Waals surface area contributed by atoms with Crippen molar-refractivity contribution in [1.82, 2.24) is 19.9 Å². The molecule has 1 radical (unpaired) electrons. The van der Waals surface area contributed by atoms with Crippen LogP contribution in [-0.4, -0.2) is 19.9 Å². The van der Waals surface area contributed by atoms with Crippen molar-refractivity contribution in [1.29, 1.82) is 0 Å². The van der Waals surface area contributed by atoms with E-state index in [9.17, 15) is 0 Å². The average molecular weight is 1070 g/mol. The number of fused-ring (bicyclic) bond motifs is 10. The summed E-state index contributed by atoms with van der Waals surface area (Å²) in [6.07, 6.45) is 1.87. The van der Waals surface area contributed by atoms with Gasteiger partial charge in [-0.05, 0) is 80.7 Å². The van der Waals surface area contributed by atoms with Gasteiger partial charge in [0.2, 0.25) is 0 Å². The smallest absolute Gasteiger partial charge is 0.165 e. The number of aromatic nitrogens is 4. The summed E-state index contributed by atoms with van der Waals surface area (Å²) in [5, 5.41) is 0. The molecule has 13 rings (SSSR count). The molecule has 0 amide bonds. The van der Waals surface area contributed by atoms with Crippen LogP contribution < -0.4 is 0 Å². The summed E-state index contributed by atoms with van der Waals surface area (Å²) in [4.78, 5) is 20.0. The molecule has 70 heavy (non-hydrogen) atoms. The summed E-state index contributed by atoms with van der Waals surface area (Å²) in [5.74, 6) is 1.79. The first-order valence-electron chi connectivity index (χ1n) is 23.5. The van der Waals surface area contributed by atoms with Gasteiger partial charge in [-0.2, -0.15) is 0 Å².